The van der Waals surface area contributed by atoms with Crippen molar-refractivity contribution in [3.05, 3.63) is 52.0 Å². The predicted molar refractivity (Wildman–Crippen MR) is 83.1 cm³/mol. The Balaban J connectivity index is 2.08. The number of ketones is 1. The van der Waals surface area contributed by atoms with Crippen LogP contribution in [0.25, 0.3) is 0 Å². The molecule has 4 nitrogen and oxygen atoms in total. The Morgan fingerprint density at radius 3 is 2.24 bits per heavy atom. The lowest BCUT2D eigenvalue weighted by molar-refractivity contribution is 0.0977. The molecule has 2 N–H and O–H groups in total. The zero-order valence-electron chi connectivity index (χ0n) is 11.5. The molecule has 0 spiro atoms. The summed E-state index contributed by atoms with van der Waals surface area (Å²) in [6.45, 7) is 0. The number of halogens is 1. The summed E-state index contributed by atoms with van der Waals surface area (Å²) in [7, 11) is 1.59. The summed E-state index contributed by atoms with van der Waals surface area (Å²) in [6.07, 6.45) is 0.729. The second-order valence-corrected chi connectivity index (χ2v) is 5.51. The largest absolute Gasteiger partial charge is 0.507 e. The number of hydrogen-bond acceptors (Lipinski definition) is 4. The summed E-state index contributed by atoms with van der Waals surface area (Å²) in [5.41, 5.74) is 0.951. The number of ether oxygens (including phenoxy) is 1. The van der Waals surface area contributed by atoms with Gasteiger partial charge in [0.25, 0.3) is 0 Å². The van der Waals surface area contributed by atoms with Gasteiger partial charge < -0.3 is 14.9 Å². The van der Waals surface area contributed by atoms with Crippen LogP contribution in [0.3, 0.4) is 0 Å². The van der Waals surface area contributed by atoms with E-state index in [1.165, 1.54) is 12.1 Å². The molecule has 2 aromatic rings. The first-order valence-electron chi connectivity index (χ1n) is 6.39. The minimum atomic E-state index is -0.298. The maximum absolute atomic E-state index is 12.1. The second-order valence-electron chi connectivity index (χ2n) is 4.59. The Hall–Kier alpha value is -2.01. The number of phenolic OH excluding ortho intramolecular Hbond substituents is 2. The number of aromatic hydroxyl groups is 2. The van der Waals surface area contributed by atoms with Gasteiger partial charge in [0.1, 0.15) is 22.8 Å². The zero-order valence-corrected chi connectivity index (χ0v) is 13.1. The molecular weight excluding hydrogens is 336 g/mol. The van der Waals surface area contributed by atoms with Crippen molar-refractivity contribution in [1.29, 1.82) is 0 Å². The standard InChI is InChI=1S/C16H15BrO4/c1-21-12-5-2-10(3-6-12)4-7-13(18)16-14(19)8-11(17)9-15(16)20/h2-3,5-6,8-9,19-20H,4,7H2,1H3. The highest BCUT2D eigenvalue weighted by Crippen LogP contribution is 2.32. The molecule has 0 aliphatic heterocycles. The van der Waals surface area contributed by atoms with E-state index in [1.807, 2.05) is 24.3 Å². The molecule has 0 saturated heterocycles. The lowest BCUT2D eigenvalue weighted by Crippen LogP contribution is -2.02. The third-order valence-corrected chi connectivity index (χ3v) is 3.60. The molecule has 0 amide bonds. The Bertz CT molecular complexity index is 627. The molecule has 0 aromatic heterocycles. The fraction of sp³-hybridized carbons (Fsp3) is 0.188. The fourth-order valence-electron chi connectivity index (χ4n) is 2.04. The Labute approximate surface area is 131 Å². The summed E-state index contributed by atoms with van der Waals surface area (Å²) in [4.78, 5) is 12.1. The number of hydrogen-bond donors (Lipinski definition) is 2. The molecule has 0 atom stereocenters. The number of rotatable bonds is 5. The van der Waals surface area contributed by atoms with Crippen LogP contribution in [0.1, 0.15) is 22.3 Å². The number of carbonyl (C=O) groups excluding carboxylic acids is 1. The van der Waals surface area contributed by atoms with E-state index in [0.717, 1.165) is 11.3 Å². The molecule has 0 fully saturated rings. The van der Waals surface area contributed by atoms with Crippen LogP contribution in [0.2, 0.25) is 0 Å². The van der Waals surface area contributed by atoms with Crippen LogP contribution in [-0.4, -0.2) is 23.1 Å². The van der Waals surface area contributed by atoms with Gasteiger partial charge in [-0.05, 0) is 36.2 Å². The smallest absolute Gasteiger partial charge is 0.170 e. The molecule has 110 valence electrons. The van der Waals surface area contributed by atoms with Crippen molar-refractivity contribution in [2.45, 2.75) is 12.8 Å². The average Bonchev–Trinajstić information content (AvgIpc) is 2.44. The van der Waals surface area contributed by atoms with Gasteiger partial charge in [-0.2, -0.15) is 0 Å². The molecule has 0 bridgehead atoms. The van der Waals surface area contributed by atoms with Gasteiger partial charge in [0.05, 0.1) is 7.11 Å². The van der Waals surface area contributed by atoms with Gasteiger partial charge in [0, 0.05) is 10.9 Å². The van der Waals surface area contributed by atoms with E-state index in [9.17, 15) is 15.0 Å². The minimum Gasteiger partial charge on any atom is -0.507 e. The third-order valence-electron chi connectivity index (χ3n) is 3.14. The molecular formula is C16H15BrO4. The van der Waals surface area contributed by atoms with Crippen molar-refractivity contribution < 1.29 is 19.7 Å². The molecule has 0 aliphatic carbocycles. The summed E-state index contributed by atoms with van der Waals surface area (Å²) < 4.78 is 5.59. The molecule has 0 radical (unpaired) electrons. The molecule has 5 heteroatoms. The number of aryl methyl sites for hydroxylation is 1. The first-order valence-corrected chi connectivity index (χ1v) is 7.18. The van der Waals surface area contributed by atoms with Crippen LogP contribution < -0.4 is 4.74 Å². The molecule has 21 heavy (non-hydrogen) atoms. The molecule has 2 aromatic carbocycles. The van der Waals surface area contributed by atoms with Crippen molar-refractivity contribution in [2.24, 2.45) is 0 Å². The van der Waals surface area contributed by atoms with Crippen molar-refractivity contribution >= 4 is 21.7 Å². The van der Waals surface area contributed by atoms with Crippen molar-refractivity contribution in [3.8, 4) is 17.2 Å². The SMILES string of the molecule is COc1ccc(CCC(=O)c2c(O)cc(Br)cc2O)cc1. The number of methoxy groups -OCH3 is 1. The number of phenols is 2. The van der Waals surface area contributed by atoms with Gasteiger partial charge in [-0.25, -0.2) is 0 Å². The van der Waals surface area contributed by atoms with Crippen LogP contribution in [0.5, 0.6) is 17.2 Å². The topological polar surface area (TPSA) is 66.8 Å². The maximum Gasteiger partial charge on any atom is 0.170 e. The lowest BCUT2D eigenvalue weighted by Gasteiger charge is -2.07. The van der Waals surface area contributed by atoms with Gasteiger partial charge in [-0.15, -0.1) is 0 Å². The molecule has 0 saturated carbocycles. The Kier molecular flexibility index (Phi) is 4.85. The summed E-state index contributed by atoms with van der Waals surface area (Å²) >= 11 is 3.14. The number of Topliss-reactive ketones (excluding diaryl/α,β-unsaturated/α-hetero) is 1. The lowest BCUT2D eigenvalue weighted by atomic mass is 10.0. The van der Waals surface area contributed by atoms with E-state index in [0.29, 0.717) is 10.9 Å². The van der Waals surface area contributed by atoms with Crippen molar-refractivity contribution in [3.63, 3.8) is 0 Å². The van der Waals surface area contributed by atoms with E-state index < -0.39 is 0 Å². The predicted octanol–water partition coefficient (Wildman–Crippen LogP) is 3.68. The highest BCUT2D eigenvalue weighted by molar-refractivity contribution is 9.10. The maximum atomic E-state index is 12.1. The monoisotopic (exact) mass is 350 g/mol. The van der Waals surface area contributed by atoms with Gasteiger partial charge in [-0.1, -0.05) is 28.1 Å². The van der Waals surface area contributed by atoms with E-state index in [4.69, 9.17) is 4.74 Å². The van der Waals surface area contributed by atoms with Crippen LogP contribution in [0.15, 0.2) is 40.9 Å². The summed E-state index contributed by atoms with van der Waals surface area (Å²) in [6, 6.07) is 10.2. The fourth-order valence-corrected chi connectivity index (χ4v) is 2.47. The van der Waals surface area contributed by atoms with Gasteiger partial charge in [0.15, 0.2) is 5.78 Å². The zero-order chi connectivity index (χ0) is 15.4. The highest BCUT2D eigenvalue weighted by Gasteiger charge is 2.17. The first-order chi connectivity index (χ1) is 10.0. The molecule has 0 aliphatic rings. The quantitative estimate of drug-likeness (QED) is 0.807. The van der Waals surface area contributed by atoms with Gasteiger partial charge in [0.2, 0.25) is 0 Å². The second kappa shape index (κ2) is 6.63. The average molecular weight is 351 g/mol. The van der Waals surface area contributed by atoms with Crippen LogP contribution in [0, 0.1) is 0 Å². The normalized spacial score (nSPS) is 10.4. The summed E-state index contributed by atoms with van der Waals surface area (Å²) in [5.74, 6) is 0.0183. The van der Waals surface area contributed by atoms with Crippen LogP contribution in [-0.2, 0) is 6.42 Å². The van der Waals surface area contributed by atoms with E-state index in [1.54, 1.807) is 7.11 Å². The Morgan fingerprint density at radius 1 is 1.14 bits per heavy atom. The molecule has 2 rings (SSSR count). The van der Waals surface area contributed by atoms with Gasteiger partial charge in [-0.3, -0.25) is 4.79 Å². The van der Waals surface area contributed by atoms with E-state index in [2.05, 4.69) is 15.9 Å². The highest BCUT2D eigenvalue weighted by atomic mass is 79.9. The van der Waals surface area contributed by atoms with E-state index in [-0.39, 0.29) is 29.3 Å². The Morgan fingerprint density at radius 2 is 1.71 bits per heavy atom. The van der Waals surface area contributed by atoms with Gasteiger partial charge >= 0.3 is 0 Å². The molecule has 0 heterocycles. The summed E-state index contributed by atoms with van der Waals surface area (Å²) in [5, 5.41) is 19.6. The number of carbonyl (C=O) groups is 1. The minimum absolute atomic E-state index is 0.0355. The van der Waals surface area contributed by atoms with Crippen molar-refractivity contribution in [1.82, 2.24) is 0 Å². The number of benzene rings is 2. The van der Waals surface area contributed by atoms with Crippen molar-refractivity contribution in [2.75, 3.05) is 7.11 Å². The third kappa shape index (κ3) is 3.76. The first kappa shape index (κ1) is 15.4. The van der Waals surface area contributed by atoms with Crippen LogP contribution >= 0.6 is 15.9 Å². The van der Waals surface area contributed by atoms with Crippen LogP contribution in [0.4, 0.5) is 0 Å². The van der Waals surface area contributed by atoms with E-state index >= 15 is 0 Å². The molecule has 0 unspecified atom stereocenters.